The lowest BCUT2D eigenvalue weighted by Crippen LogP contribution is -2.59. The molecule has 3 aliphatic carbocycles. The van der Waals surface area contributed by atoms with Gasteiger partial charge in [0.05, 0.1) is 5.69 Å². The van der Waals surface area contributed by atoms with Gasteiger partial charge in [-0.15, -0.1) is 0 Å². The number of benzene rings is 1. The third-order valence-electron chi connectivity index (χ3n) is 7.40. The predicted molar refractivity (Wildman–Crippen MR) is 103 cm³/mol. The number of nitrogens with zero attached hydrogens (tertiary/aromatic N) is 1. The first-order chi connectivity index (χ1) is 12.9. The Balaban J connectivity index is 1.28. The molecule has 2 heterocycles. The average Bonchev–Trinajstić information content (AvgIpc) is 3.26. The smallest absolute Gasteiger partial charge is 0.231 e. The van der Waals surface area contributed by atoms with Crippen LogP contribution in [0, 0.1) is 30.1 Å². The molecule has 27 heavy (non-hydrogen) atoms. The Kier molecular flexibility index (Phi) is 3.80. The van der Waals surface area contributed by atoms with Crippen LogP contribution in [0.1, 0.15) is 45.1 Å². The summed E-state index contributed by atoms with van der Waals surface area (Å²) in [7, 11) is 0. The maximum atomic E-state index is 5.94. The van der Waals surface area contributed by atoms with Crippen molar-refractivity contribution in [1.82, 2.24) is 10.3 Å². The van der Waals surface area contributed by atoms with Crippen LogP contribution in [0.25, 0.3) is 11.5 Å². The maximum absolute atomic E-state index is 5.94. The number of rotatable bonds is 4. The number of aromatic nitrogens is 1. The van der Waals surface area contributed by atoms with Crippen LogP contribution in [0.2, 0.25) is 0 Å². The molecule has 0 spiro atoms. The predicted octanol–water partition coefficient (Wildman–Crippen LogP) is 4.54. The molecule has 0 amide bonds. The van der Waals surface area contributed by atoms with Gasteiger partial charge in [0.25, 0.3) is 0 Å². The molecular formula is C22H28N2O3. The summed E-state index contributed by atoms with van der Waals surface area (Å²) in [5.74, 6) is 5.46. The highest BCUT2D eigenvalue weighted by atomic mass is 16.7. The molecule has 5 heteroatoms. The second-order valence-electron chi connectivity index (χ2n) is 9.03. The summed E-state index contributed by atoms with van der Waals surface area (Å²) < 4.78 is 16.8. The number of ether oxygens (including phenoxy) is 2. The molecule has 1 aromatic heterocycles. The molecule has 1 aromatic carbocycles. The van der Waals surface area contributed by atoms with E-state index < -0.39 is 0 Å². The number of hydrogen-bond donors (Lipinski definition) is 1. The van der Waals surface area contributed by atoms with Gasteiger partial charge < -0.3 is 19.2 Å². The second-order valence-corrected chi connectivity index (χ2v) is 9.03. The molecule has 6 rings (SSSR count). The van der Waals surface area contributed by atoms with Gasteiger partial charge in [0, 0.05) is 18.2 Å². The molecule has 2 bridgehead atoms. The lowest BCUT2D eigenvalue weighted by Gasteiger charge is -2.62. The molecule has 4 atom stereocenters. The molecule has 3 saturated carbocycles. The zero-order valence-electron chi connectivity index (χ0n) is 16.5. The first kappa shape index (κ1) is 17.1. The summed E-state index contributed by atoms with van der Waals surface area (Å²) in [6.07, 6.45) is 2.68. The van der Waals surface area contributed by atoms with Gasteiger partial charge in [0.1, 0.15) is 5.76 Å². The van der Waals surface area contributed by atoms with Crippen LogP contribution < -0.4 is 14.8 Å². The van der Waals surface area contributed by atoms with Crippen molar-refractivity contribution in [3.05, 3.63) is 29.7 Å². The molecule has 2 aromatic rings. The van der Waals surface area contributed by atoms with Gasteiger partial charge in [0.15, 0.2) is 11.5 Å². The molecule has 1 N–H and O–H groups in total. The highest BCUT2D eigenvalue weighted by Gasteiger charge is 2.56. The van der Waals surface area contributed by atoms with Crippen LogP contribution in [0.4, 0.5) is 0 Å². The molecule has 0 radical (unpaired) electrons. The van der Waals surface area contributed by atoms with Crippen molar-refractivity contribution in [2.75, 3.05) is 6.79 Å². The van der Waals surface area contributed by atoms with Crippen LogP contribution in [0.3, 0.4) is 0 Å². The Morgan fingerprint density at radius 1 is 1.19 bits per heavy atom. The quantitative estimate of drug-likeness (QED) is 0.859. The van der Waals surface area contributed by atoms with E-state index in [0.717, 1.165) is 46.9 Å². The van der Waals surface area contributed by atoms with E-state index >= 15 is 0 Å². The third kappa shape index (κ3) is 2.66. The minimum atomic E-state index is 0.275. The summed E-state index contributed by atoms with van der Waals surface area (Å²) in [4.78, 5) is 4.75. The SMILES string of the molecule is Cc1oc(-c2ccc3c(c2)OCO3)nc1CN[C@@H]1C[C@@H]2C[C@H]([C@H]1C)C2(C)C. The van der Waals surface area contributed by atoms with Crippen molar-refractivity contribution >= 4 is 0 Å². The fourth-order valence-corrected chi connectivity index (χ4v) is 5.39. The van der Waals surface area contributed by atoms with E-state index in [-0.39, 0.29) is 6.79 Å². The Bertz CT molecular complexity index is 872. The Hall–Kier alpha value is -2.01. The van der Waals surface area contributed by atoms with Gasteiger partial charge in [0.2, 0.25) is 12.7 Å². The van der Waals surface area contributed by atoms with Crippen LogP contribution in [0.15, 0.2) is 22.6 Å². The number of oxazole rings is 1. The van der Waals surface area contributed by atoms with Crippen LogP contribution in [-0.4, -0.2) is 17.8 Å². The zero-order valence-corrected chi connectivity index (χ0v) is 16.5. The summed E-state index contributed by atoms with van der Waals surface area (Å²) in [6.45, 7) is 10.3. The maximum Gasteiger partial charge on any atom is 0.231 e. The molecule has 1 aliphatic heterocycles. The molecular weight excluding hydrogens is 340 g/mol. The van der Waals surface area contributed by atoms with E-state index in [2.05, 4.69) is 26.1 Å². The lowest BCUT2D eigenvalue weighted by molar-refractivity contribution is -0.115. The third-order valence-corrected chi connectivity index (χ3v) is 7.40. The lowest BCUT2D eigenvalue weighted by atomic mass is 9.45. The number of nitrogens with one attached hydrogen (secondary N) is 1. The summed E-state index contributed by atoms with van der Waals surface area (Å²) in [5, 5.41) is 3.77. The van der Waals surface area contributed by atoms with Crippen molar-refractivity contribution in [3.8, 4) is 23.0 Å². The Labute approximate surface area is 160 Å². The van der Waals surface area contributed by atoms with Crippen molar-refractivity contribution in [3.63, 3.8) is 0 Å². The highest BCUT2D eigenvalue weighted by molar-refractivity contribution is 5.60. The average molecular weight is 368 g/mol. The number of aryl methyl sites for hydroxylation is 1. The molecule has 4 aliphatic rings. The highest BCUT2D eigenvalue weighted by Crippen LogP contribution is 2.61. The Morgan fingerprint density at radius 3 is 2.78 bits per heavy atom. The molecule has 0 saturated heterocycles. The van der Waals surface area contributed by atoms with Gasteiger partial charge in [-0.05, 0) is 61.1 Å². The minimum Gasteiger partial charge on any atom is -0.454 e. The van der Waals surface area contributed by atoms with E-state index in [1.165, 1.54) is 12.8 Å². The summed E-state index contributed by atoms with van der Waals surface area (Å²) in [6, 6.07) is 6.39. The zero-order chi connectivity index (χ0) is 18.8. The molecule has 144 valence electrons. The molecule has 3 fully saturated rings. The van der Waals surface area contributed by atoms with E-state index in [0.29, 0.717) is 23.3 Å². The van der Waals surface area contributed by atoms with E-state index in [9.17, 15) is 0 Å². The first-order valence-electron chi connectivity index (χ1n) is 10.0. The van der Waals surface area contributed by atoms with Crippen molar-refractivity contribution in [2.24, 2.45) is 23.2 Å². The fraction of sp³-hybridized carbons (Fsp3) is 0.591. The van der Waals surface area contributed by atoms with Crippen LogP contribution in [-0.2, 0) is 6.54 Å². The standard InChI is InChI=1S/C22H28N2O3/c1-12-16-8-15(22(16,3)4)9-17(12)23-10-18-13(2)27-21(24-18)14-5-6-19-20(7-14)26-11-25-19/h5-7,12,15-17,23H,8-11H2,1-4H3/t12-,15+,16-,17-/m1/s1. The Morgan fingerprint density at radius 2 is 2.00 bits per heavy atom. The van der Waals surface area contributed by atoms with Gasteiger partial charge in [-0.1, -0.05) is 20.8 Å². The van der Waals surface area contributed by atoms with Gasteiger partial charge in [-0.3, -0.25) is 0 Å². The van der Waals surface area contributed by atoms with Crippen molar-refractivity contribution in [1.29, 1.82) is 0 Å². The van der Waals surface area contributed by atoms with Gasteiger partial charge in [-0.2, -0.15) is 0 Å². The first-order valence-corrected chi connectivity index (χ1v) is 10.0. The van der Waals surface area contributed by atoms with Crippen LogP contribution >= 0.6 is 0 Å². The second kappa shape index (κ2) is 5.99. The monoisotopic (exact) mass is 368 g/mol. The van der Waals surface area contributed by atoms with Crippen LogP contribution in [0.5, 0.6) is 11.5 Å². The largest absolute Gasteiger partial charge is 0.454 e. The minimum absolute atomic E-state index is 0.275. The summed E-state index contributed by atoms with van der Waals surface area (Å²) >= 11 is 0. The van der Waals surface area contributed by atoms with Gasteiger partial charge in [-0.25, -0.2) is 4.98 Å². The van der Waals surface area contributed by atoms with E-state index in [1.54, 1.807) is 0 Å². The van der Waals surface area contributed by atoms with Crippen molar-refractivity contribution in [2.45, 2.75) is 53.1 Å². The van der Waals surface area contributed by atoms with E-state index in [4.69, 9.17) is 18.9 Å². The summed E-state index contributed by atoms with van der Waals surface area (Å²) in [5.41, 5.74) is 2.43. The molecule has 5 nitrogen and oxygen atoms in total. The molecule has 0 unspecified atom stereocenters. The number of hydrogen-bond acceptors (Lipinski definition) is 5. The van der Waals surface area contributed by atoms with Gasteiger partial charge >= 0.3 is 0 Å². The fourth-order valence-electron chi connectivity index (χ4n) is 5.39. The number of fused-ring (bicyclic) bond motifs is 3. The van der Waals surface area contributed by atoms with Crippen molar-refractivity contribution < 1.29 is 13.9 Å². The topological polar surface area (TPSA) is 56.5 Å². The normalized spacial score (nSPS) is 30.2. The van der Waals surface area contributed by atoms with E-state index in [1.807, 2.05) is 25.1 Å².